The summed E-state index contributed by atoms with van der Waals surface area (Å²) in [6.45, 7) is 1.68. The molecule has 3 aliphatic heterocycles. The zero-order valence-electron chi connectivity index (χ0n) is 20.2. The van der Waals surface area contributed by atoms with Gasteiger partial charge in [0.2, 0.25) is 11.8 Å². The smallest absolute Gasteiger partial charge is 0.489 e. The van der Waals surface area contributed by atoms with Gasteiger partial charge in [0.25, 0.3) is 0 Å². The standard InChI is InChI=1S/C25H22F5N3O6/c1-10-21(38-24(36)32-17-9-13(2-4-16(17)27)39-25(28,29)30)20(31-10)15-8-12(26)6-11-7-18(37-22(11)15)14-3-5-19(34)33-23(14)35/h2,4,6,8-10,14,18,20-21,31H,3,5,7H2,1H3,(H,32,36)(H,33,34,35)/t10?,14-,18?,20?,21?/m1/s1. The molecule has 3 N–H and O–H groups in total. The quantitative estimate of drug-likeness (QED) is 0.379. The van der Waals surface area contributed by atoms with Gasteiger partial charge in [0.05, 0.1) is 17.6 Å². The number of carbonyl (C=O) groups excluding carboxylic acids is 3. The third kappa shape index (κ3) is 5.60. The van der Waals surface area contributed by atoms with Crippen LogP contribution in [0.3, 0.4) is 0 Å². The van der Waals surface area contributed by atoms with Crippen LogP contribution in [-0.2, 0) is 20.7 Å². The maximum absolute atomic E-state index is 14.6. The highest BCUT2D eigenvalue weighted by molar-refractivity contribution is 5.99. The molecule has 208 valence electrons. The second kappa shape index (κ2) is 9.98. The van der Waals surface area contributed by atoms with Crippen LogP contribution < -0.4 is 25.4 Å². The van der Waals surface area contributed by atoms with E-state index in [9.17, 15) is 36.3 Å². The zero-order valence-corrected chi connectivity index (χ0v) is 20.2. The fourth-order valence-electron chi connectivity index (χ4n) is 5.04. The summed E-state index contributed by atoms with van der Waals surface area (Å²) >= 11 is 0. The van der Waals surface area contributed by atoms with E-state index in [1.165, 1.54) is 12.1 Å². The number of halogens is 5. The van der Waals surface area contributed by atoms with Crippen LogP contribution in [0.15, 0.2) is 30.3 Å². The molecule has 2 fully saturated rings. The predicted octanol–water partition coefficient (Wildman–Crippen LogP) is 3.87. The molecule has 0 radical (unpaired) electrons. The molecule has 0 bridgehead atoms. The van der Waals surface area contributed by atoms with Crippen molar-refractivity contribution in [2.45, 2.75) is 56.8 Å². The number of fused-ring (bicyclic) bond motifs is 1. The zero-order chi connectivity index (χ0) is 28.1. The van der Waals surface area contributed by atoms with Crippen LogP contribution in [-0.4, -0.2) is 42.5 Å². The minimum atomic E-state index is -5.01. The number of alkyl halides is 3. The van der Waals surface area contributed by atoms with Crippen LogP contribution in [0, 0.1) is 17.6 Å². The number of nitrogens with one attached hydrogen (secondary N) is 3. The molecule has 2 saturated heterocycles. The van der Waals surface area contributed by atoms with Crippen molar-refractivity contribution in [1.29, 1.82) is 0 Å². The fourth-order valence-corrected chi connectivity index (χ4v) is 5.04. The van der Waals surface area contributed by atoms with Gasteiger partial charge in [-0.1, -0.05) is 0 Å². The van der Waals surface area contributed by atoms with E-state index >= 15 is 0 Å². The molecule has 5 atom stereocenters. The molecule has 2 aromatic rings. The molecule has 5 rings (SSSR count). The van der Waals surface area contributed by atoms with Gasteiger partial charge < -0.3 is 19.5 Å². The summed E-state index contributed by atoms with van der Waals surface area (Å²) in [6, 6.07) is 3.44. The summed E-state index contributed by atoms with van der Waals surface area (Å²) in [4.78, 5) is 36.4. The molecular formula is C25H22F5N3O6. The second-order valence-electron chi connectivity index (χ2n) is 9.52. The molecule has 0 spiro atoms. The van der Waals surface area contributed by atoms with Crippen LogP contribution in [0.25, 0.3) is 0 Å². The highest BCUT2D eigenvalue weighted by Gasteiger charge is 2.46. The molecule has 2 aromatic carbocycles. The lowest BCUT2D eigenvalue weighted by Gasteiger charge is -2.44. The average Bonchev–Trinajstić information content (AvgIpc) is 3.25. The first-order chi connectivity index (χ1) is 18.4. The van der Waals surface area contributed by atoms with Crippen molar-refractivity contribution in [3.63, 3.8) is 0 Å². The summed E-state index contributed by atoms with van der Waals surface area (Å²) in [6.07, 6.45) is -6.99. The van der Waals surface area contributed by atoms with E-state index in [1.54, 1.807) is 6.92 Å². The Morgan fingerprint density at radius 1 is 1.15 bits per heavy atom. The number of imide groups is 1. The summed E-state index contributed by atoms with van der Waals surface area (Å²) in [7, 11) is 0. The lowest BCUT2D eigenvalue weighted by molar-refractivity contribution is -0.274. The van der Waals surface area contributed by atoms with E-state index in [4.69, 9.17) is 9.47 Å². The summed E-state index contributed by atoms with van der Waals surface area (Å²) in [5, 5.41) is 7.44. The number of ether oxygens (including phenoxy) is 3. The Bertz CT molecular complexity index is 1340. The molecule has 14 heteroatoms. The number of hydrogen-bond acceptors (Lipinski definition) is 7. The van der Waals surface area contributed by atoms with E-state index in [1.807, 2.05) is 0 Å². The highest BCUT2D eigenvalue weighted by Crippen LogP contribution is 2.44. The van der Waals surface area contributed by atoms with Gasteiger partial charge in [-0.25, -0.2) is 13.6 Å². The molecule has 0 saturated carbocycles. The summed E-state index contributed by atoms with van der Waals surface area (Å²) < 4.78 is 81.4. The van der Waals surface area contributed by atoms with Crippen molar-refractivity contribution >= 4 is 23.6 Å². The van der Waals surface area contributed by atoms with Gasteiger partial charge in [-0.05, 0) is 37.6 Å². The lowest BCUT2D eigenvalue weighted by atomic mass is 9.86. The fraction of sp³-hybridized carbons (Fsp3) is 0.400. The SMILES string of the molecule is CC1NC(c2cc(F)cc3c2OC([C@H]2CCC(=O)NC2=O)C3)C1OC(=O)Nc1cc(OC(F)(F)F)ccc1F. The average molecular weight is 555 g/mol. The van der Waals surface area contributed by atoms with Gasteiger partial charge >= 0.3 is 12.5 Å². The minimum absolute atomic E-state index is 0.159. The molecule has 4 unspecified atom stereocenters. The van der Waals surface area contributed by atoms with Crippen molar-refractivity contribution < 1.29 is 50.5 Å². The molecule has 0 aromatic heterocycles. The molecule has 0 aliphatic carbocycles. The molecule has 9 nitrogen and oxygen atoms in total. The Balaban J connectivity index is 1.30. The van der Waals surface area contributed by atoms with Crippen LogP contribution in [0.1, 0.15) is 36.9 Å². The van der Waals surface area contributed by atoms with E-state index in [0.29, 0.717) is 29.0 Å². The molecule has 3 heterocycles. The maximum Gasteiger partial charge on any atom is 0.573 e. The van der Waals surface area contributed by atoms with Crippen LogP contribution in [0.5, 0.6) is 11.5 Å². The number of carbonyl (C=O) groups is 3. The van der Waals surface area contributed by atoms with Gasteiger partial charge in [0.15, 0.2) is 0 Å². The summed E-state index contributed by atoms with van der Waals surface area (Å²) in [5.41, 5.74) is 0.246. The third-order valence-corrected chi connectivity index (χ3v) is 6.83. The van der Waals surface area contributed by atoms with E-state index in [2.05, 4.69) is 20.7 Å². The van der Waals surface area contributed by atoms with Gasteiger partial charge in [-0.2, -0.15) is 0 Å². The molecule has 3 aliphatic rings. The normalized spacial score (nSPS) is 26.2. The number of piperidine rings is 1. The van der Waals surface area contributed by atoms with Gasteiger partial charge in [-0.3, -0.25) is 20.2 Å². The topological polar surface area (TPSA) is 115 Å². The second-order valence-corrected chi connectivity index (χ2v) is 9.52. The van der Waals surface area contributed by atoms with Crippen molar-refractivity contribution in [1.82, 2.24) is 10.6 Å². The van der Waals surface area contributed by atoms with Crippen molar-refractivity contribution in [2.24, 2.45) is 5.92 Å². The number of benzene rings is 2. The first kappa shape index (κ1) is 26.7. The first-order valence-electron chi connectivity index (χ1n) is 12.0. The highest BCUT2D eigenvalue weighted by atomic mass is 19.4. The molecule has 3 amide bonds. The minimum Gasteiger partial charge on any atom is -0.489 e. The Morgan fingerprint density at radius 3 is 2.62 bits per heavy atom. The molecular weight excluding hydrogens is 533 g/mol. The first-order valence-corrected chi connectivity index (χ1v) is 12.0. The van der Waals surface area contributed by atoms with E-state index in [0.717, 1.165) is 6.07 Å². The van der Waals surface area contributed by atoms with Crippen LogP contribution >= 0.6 is 0 Å². The van der Waals surface area contributed by atoms with Crippen molar-refractivity contribution in [3.8, 4) is 11.5 Å². The molecule has 39 heavy (non-hydrogen) atoms. The monoisotopic (exact) mass is 555 g/mol. The summed E-state index contributed by atoms with van der Waals surface area (Å²) in [5.74, 6) is -3.45. The largest absolute Gasteiger partial charge is 0.573 e. The van der Waals surface area contributed by atoms with E-state index in [-0.39, 0.29) is 25.2 Å². The van der Waals surface area contributed by atoms with E-state index < -0.39 is 71.6 Å². The van der Waals surface area contributed by atoms with Crippen molar-refractivity contribution in [3.05, 3.63) is 53.1 Å². The third-order valence-electron chi connectivity index (χ3n) is 6.83. The van der Waals surface area contributed by atoms with Gasteiger partial charge in [0.1, 0.15) is 35.3 Å². The van der Waals surface area contributed by atoms with Gasteiger partial charge in [0, 0.05) is 36.1 Å². The lowest BCUT2D eigenvalue weighted by Crippen LogP contribution is -2.60. The number of anilines is 1. The van der Waals surface area contributed by atoms with Gasteiger partial charge in [-0.15, -0.1) is 13.2 Å². The number of hydrogen-bond donors (Lipinski definition) is 3. The Kier molecular flexibility index (Phi) is 6.83. The van der Waals surface area contributed by atoms with Crippen LogP contribution in [0.4, 0.5) is 32.4 Å². The Hall–Kier alpha value is -3.94. The number of amides is 3. The van der Waals surface area contributed by atoms with Crippen LogP contribution in [0.2, 0.25) is 0 Å². The number of rotatable bonds is 5. The maximum atomic E-state index is 14.6. The Morgan fingerprint density at radius 2 is 1.92 bits per heavy atom. The van der Waals surface area contributed by atoms with Crippen molar-refractivity contribution in [2.75, 3.05) is 5.32 Å². The Labute approximate surface area is 218 Å². The predicted molar refractivity (Wildman–Crippen MR) is 123 cm³/mol.